The van der Waals surface area contributed by atoms with Crippen molar-refractivity contribution < 1.29 is 41.0 Å². The van der Waals surface area contributed by atoms with Crippen molar-refractivity contribution >= 4 is 38.7 Å². The smallest absolute Gasteiger partial charge is 0.475 e. The van der Waals surface area contributed by atoms with Crippen molar-refractivity contribution in [2.75, 3.05) is 17.1 Å². The average Bonchev–Trinajstić information content (AvgIpc) is 3.27. The Labute approximate surface area is 228 Å². The van der Waals surface area contributed by atoms with E-state index in [1.165, 1.54) is 0 Å². The number of rotatable bonds is 9. The zero-order valence-electron chi connectivity index (χ0n) is 21.3. The standard InChI is InChI=1S/C25H25N3O4S.C2HF3O2/c1-2-32-24(29)16-17-33(30,31)27-21-14-12-20(13-15-21)25-26-22-10-6-7-11-23(22)28(25)18-19-8-4-3-5-9-19;3-2(4,5)1(6)7/h3-15,27H,2,16-18H2,1H3;(H,6,7). The third-order valence-corrected chi connectivity index (χ3v) is 6.67. The van der Waals surface area contributed by atoms with E-state index < -0.39 is 28.1 Å². The molecule has 9 nitrogen and oxygen atoms in total. The Balaban J connectivity index is 0.000000559. The molecule has 13 heteroatoms. The number of sulfonamides is 1. The molecular formula is C27H26F3N3O6S. The Morgan fingerprint density at radius 3 is 2.17 bits per heavy atom. The summed E-state index contributed by atoms with van der Waals surface area (Å²) >= 11 is 0. The average molecular weight is 578 g/mol. The highest BCUT2D eigenvalue weighted by molar-refractivity contribution is 7.92. The number of carbonyl (C=O) groups is 2. The van der Waals surface area contributed by atoms with Gasteiger partial charge in [0, 0.05) is 17.8 Å². The number of anilines is 1. The highest BCUT2D eigenvalue weighted by Crippen LogP contribution is 2.27. The summed E-state index contributed by atoms with van der Waals surface area (Å²) in [5.74, 6) is -2.82. The number of esters is 1. The number of benzene rings is 3. The van der Waals surface area contributed by atoms with Crippen LogP contribution < -0.4 is 4.72 Å². The molecule has 0 amide bonds. The number of carbonyl (C=O) groups excluding carboxylic acids is 1. The van der Waals surface area contributed by atoms with Gasteiger partial charge in [0.05, 0.1) is 29.8 Å². The minimum Gasteiger partial charge on any atom is -0.475 e. The fourth-order valence-corrected chi connectivity index (χ4v) is 4.62. The van der Waals surface area contributed by atoms with Crippen molar-refractivity contribution in [3.63, 3.8) is 0 Å². The number of aliphatic carboxylic acids is 1. The van der Waals surface area contributed by atoms with E-state index in [-0.39, 0.29) is 18.8 Å². The predicted molar refractivity (Wildman–Crippen MR) is 143 cm³/mol. The molecule has 40 heavy (non-hydrogen) atoms. The van der Waals surface area contributed by atoms with E-state index in [1.54, 1.807) is 19.1 Å². The number of aromatic nitrogens is 2. The monoisotopic (exact) mass is 577 g/mol. The SMILES string of the molecule is CCOC(=O)CCS(=O)(=O)Nc1ccc(-c2nc3ccccc3n2Cc2ccccc2)cc1.O=C(O)C(F)(F)F. The van der Waals surface area contributed by atoms with Crippen molar-refractivity contribution in [1.29, 1.82) is 0 Å². The van der Waals surface area contributed by atoms with Gasteiger partial charge in [0.1, 0.15) is 5.82 Å². The van der Waals surface area contributed by atoms with Gasteiger partial charge < -0.3 is 14.4 Å². The minimum atomic E-state index is -5.08. The van der Waals surface area contributed by atoms with Gasteiger partial charge in [-0.1, -0.05) is 42.5 Å². The first-order chi connectivity index (χ1) is 18.9. The number of carboxylic acids is 1. The molecule has 4 rings (SSSR count). The van der Waals surface area contributed by atoms with Crippen molar-refractivity contribution in [3.05, 3.63) is 84.4 Å². The Hall–Kier alpha value is -4.39. The van der Waals surface area contributed by atoms with Crippen LogP contribution in [0.3, 0.4) is 0 Å². The number of imidazole rings is 1. The molecule has 212 valence electrons. The molecule has 0 spiro atoms. The second-order valence-corrected chi connectivity index (χ2v) is 10.2. The van der Waals surface area contributed by atoms with Crippen LogP contribution in [0.2, 0.25) is 0 Å². The van der Waals surface area contributed by atoms with Crippen LogP contribution in [-0.4, -0.2) is 53.6 Å². The molecule has 3 aromatic carbocycles. The van der Waals surface area contributed by atoms with Gasteiger partial charge in [-0.25, -0.2) is 18.2 Å². The zero-order chi connectivity index (χ0) is 29.3. The van der Waals surface area contributed by atoms with Crippen molar-refractivity contribution in [2.24, 2.45) is 0 Å². The van der Waals surface area contributed by atoms with E-state index in [9.17, 15) is 26.4 Å². The summed E-state index contributed by atoms with van der Waals surface area (Å²) in [6.45, 7) is 2.57. The lowest BCUT2D eigenvalue weighted by Gasteiger charge is -2.11. The molecule has 0 atom stereocenters. The zero-order valence-corrected chi connectivity index (χ0v) is 22.1. The molecule has 0 radical (unpaired) electrons. The highest BCUT2D eigenvalue weighted by Gasteiger charge is 2.38. The molecule has 2 N–H and O–H groups in total. The number of para-hydroxylation sites is 2. The maximum Gasteiger partial charge on any atom is 0.490 e. The Morgan fingerprint density at radius 2 is 1.57 bits per heavy atom. The molecule has 0 aliphatic carbocycles. The first kappa shape index (κ1) is 30.2. The van der Waals surface area contributed by atoms with Crippen molar-refractivity contribution in [2.45, 2.75) is 26.1 Å². The molecule has 1 heterocycles. The van der Waals surface area contributed by atoms with E-state index in [4.69, 9.17) is 19.6 Å². The summed E-state index contributed by atoms with van der Waals surface area (Å²) < 4.78 is 65.8. The second-order valence-electron chi connectivity index (χ2n) is 8.35. The topological polar surface area (TPSA) is 128 Å². The number of ether oxygens (including phenoxy) is 1. The van der Waals surface area contributed by atoms with Gasteiger partial charge in [0.15, 0.2) is 0 Å². The number of carboxylic acid groups (broad SMARTS) is 1. The summed E-state index contributed by atoms with van der Waals surface area (Å²) in [7, 11) is -3.67. The molecule has 1 aromatic heterocycles. The molecule has 0 unspecified atom stereocenters. The van der Waals surface area contributed by atoms with E-state index >= 15 is 0 Å². The first-order valence-electron chi connectivity index (χ1n) is 12.0. The van der Waals surface area contributed by atoms with Gasteiger partial charge in [-0.2, -0.15) is 13.2 Å². The summed E-state index contributed by atoms with van der Waals surface area (Å²) in [6, 6.07) is 25.2. The Bertz CT molecular complexity index is 1550. The fourth-order valence-electron chi connectivity index (χ4n) is 3.59. The second kappa shape index (κ2) is 13.1. The van der Waals surface area contributed by atoms with Gasteiger partial charge in [-0.05, 0) is 48.9 Å². The van der Waals surface area contributed by atoms with E-state index in [1.807, 2.05) is 54.6 Å². The van der Waals surface area contributed by atoms with Gasteiger partial charge in [-0.15, -0.1) is 0 Å². The lowest BCUT2D eigenvalue weighted by atomic mass is 10.2. The van der Waals surface area contributed by atoms with E-state index in [2.05, 4.69) is 21.4 Å². The van der Waals surface area contributed by atoms with Crippen LogP contribution in [0.15, 0.2) is 78.9 Å². The number of hydrogen-bond acceptors (Lipinski definition) is 6. The Kier molecular flexibility index (Phi) is 9.88. The van der Waals surface area contributed by atoms with E-state index in [0.717, 1.165) is 28.0 Å². The van der Waals surface area contributed by atoms with Crippen molar-refractivity contribution in [1.82, 2.24) is 9.55 Å². The lowest BCUT2D eigenvalue weighted by molar-refractivity contribution is -0.192. The predicted octanol–water partition coefficient (Wildman–Crippen LogP) is 5.08. The van der Waals surface area contributed by atoms with Crippen LogP contribution in [0.4, 0.5) is 18.9 Å². The molecule has 0 saturated heterocycles. The molecular weight excluding hydrogens is 551 g/mol. The molecule has 0 bridgehead atoms. The maximum absolute atomic E-state index is 12.3. The molecule has 0 aliphatic rings. The summed E-state index contributed by atoms with van der Waals surface area (Å²) in [6.07, 6.45) is -5.27. The number of fused-ring (bicyclic) bond motifs is 1. The van der Waals surface area contributed by atoms with Crippen LogP contribution in [0.5, 0.6) is 0 Å². The number of hydrogen-bond donors (Lipinski definition) is 2. The van der Waals surface area contributed by atoms with E-state index in [0.29, 0.717) is 12.2 Å². The summed E-state index contributed by atoms with van der Waals surface area (Å²) in [4.78, 5) is 25.2. The van der Waals surface area contributed by atoms with Gasteiger partial charge in [-0.3, -0.25) is 9.52 Å². The minimum absolute atomic E-state index is 0.190. The third-order valence-electron chi connectivity index (χ3n) is 5.38. The number of nitrogens with one attached hydrogen (secondary N) is 1. The van der Waals surface area contributed by atoms with Gasteiger partial charge in [0.25, 0.3) is 0 Å². The molecule has 4 aromatic rings. The van der Waals surface area contributed by atoms with Gasteiger partial charge >= 0.3 is 18.1 Å². The van der Waals surface area contributed by atoms with Crippen LogP contribution in [0, 0.1) is 0 Å². The van der Waals surface area contributed by atoms with Crippen LogP contribution in [-0.2, 0) is 30.9 Å². The number of nitrogens with zero attached hydrogens (tertiary/aromatic N) is 2. The first-order valence-corrected chi connectivity index (χ1v) is 13.6. The van der Waals surface area contributed by atoms with Crippen LogP contribution >= 0.6 is 0 Å². The highest BCUT2D eigenvalue weighted by atomic mass is 32.2. The number of halogens is 3. The third kappa shape index (κ3) is 8.56. The Morgan fingerprint density at radius 1 is 0.975 bits per heavy atom. The van der Waals surface area contributed by atoms with Crippen LogP contribution in [0.1, 0.15) is 18.9 Å². The summed E-state index contributed by atoms with van der Waals surface area (Å²) in [5.41, 5.74) is 4.38. The van der Waals surface area contributed by atoms with Crippen LogP contribution in [0.25, 0.3) is 22.4 Å². The lowest BCUT2D eigenvalue weighted by Crippen LogP contribution is -2.21. The molecule has 0 saturated carbocycles. The quantitative estimate of drug-likeness (QED) is 0.266. The molecule has 0 fully saturated rings. The van der Waals surface area contributed by atoms with Crippen molar-refractivity contribution in [3.8, 4) is 11.4 Å². The molecule has 0 aliphatic heterocycles. The summed E-state index contributed by atoms with van der Waals surface area (Å²) in [5, 5.41) is 7.12. The maximum atomic E-state index is 12.3. The van der Waals surface area contributed by atoms with Gasteiger partial charge in [0.2, 0.25) is 10.0 Å². The normalized spacial score (nSPS) is 11.4. The fraction of sp³-hybridized carbons (Fsp3) is 0.222. The largest absolute Gasteiger partial charge is 0.490 e. The number of alkyl halides is 3.